The third-order valence-electron chi connectivity index (χ3n) is 5.52. The van der Waals surface area contributed by atoms with Crippen molar-refractivity contribution in [2.75, 3.05) is 26.2 Å². The van der Waals surface area contributed by atoms with Gasteiger partial charge < -0.3 is 5.11 Å². The van der Waals surface area contributed by atoms with Gasteiger partial charge in [0.05, 0.1) is 0 Å². The normalized spacial score (nSPS) is 11.8. The van der Waals surface area contributed by atoms with Crippen molar-refractivity contribution in [2.45, 2.75) is 66.5 Å². The van der Waals surface area contributed by atoms with E-state index in [-0.39, 0.29) is 0 Å². The van der Waals surface area contributed by atoms with E-state index < -0.39 is 0 Å². The fourth-order valence-corrected chi connectivity index (χ4v) is 3.69. The zero-order valence-electron chi connectivity index (χ0n) is 17.8. The Hall–Kier alpha value is -1.58. The van der Waals surface area contributed by atoms with E-state index in [0.717, 1.165) is 50.2 Å². The first-order chi connectivity index (χ1) is 13.1. The number of rotatable bonds is 12. The maximum atomic E-state index is 10.9. The quantitative estimate of drug-likeness (QED) is 0.512. The van der Waals surface area contributed by atoms with Gasteiger partial charge in [0.15, 0.2) is 0 Å². The predicted molar refractivity (Wildman–Crippen MR) is 117 cm³/mol. The van der Waals surface area contributed by atoms with Crippen LogP contribution in [0.5, 0.6) is 5.75 Å². The van der Waals surface area contributed by atoms with Gasteiger partial charge in [-0.3, -0.25) is 9.80 Å². The van der Waals surface area contributed by atoms with Crippen LogP contribution in [-0.2, 0) is 13.1 Å². The average molecular weight is 371 g/mol. The Morgan fingerprint density at radius 2 is 1.26 bits per heavy atom. The topological polar surface area (TPSA) is 26.7 Å². The summed E-state index contributed by atoms with van der Waals surface area (Å²) in [5, 5.41) is 13.1. The monoisotopic (exact) mass is 370 g/mol. The van der Waals surface area contributed by atoms with Crippen LogP contribution in [0.1, 0.15) is 64.5 Å². The van der Waals surface area contributed by atoms with E-state index in [1.807, 2.05) is 6.07 Å². The van der Waals surface area contributed by atoms with Gasteiger partial charge in [0, 0.05) is 24.0 Å². The highest BCUT2D eigenvalue weighted by atomic mass is 16.3. The summed E-state index contributed by atoms with van der Waals surface area (Å²) in [6.07, 6.45) is 4.86. The Kier molecular flexibility index (Phi) is 9.09. The van der Waals surface area contributed by atoms with Crippen LogP contribution in [0.15, 0.2) is 30.3 Å². The zero-order chi connectivity index (χ0) is 19.6. The van der Waals surface area contributed by atoms with E-state index in [4.69, 9.17) is 0 Å². The van der Waals surface area contributed by atoms with Crippen molar-refractivity contribution >= 4 is 10.8 Å². The molecule has 2 aromatic rings. The second-order valence-electron chi connectivity index (χ2n) is 7.53. The standard InChI is InChI=1S/C24H38N2O/c1-5-9-15-25(7-3)18-20-17-21(19-26(8-4)16-10-6-2)24(27)23-14-12-11-13-22(20)23/h11-14,17,27H,5-10,15-16,18-19H2,1-4H3. The lowest BCUT2D eigenvalue weighted by atomic mass is 9.98. The summed E-state index contributed by atoms with van der Waals surface area (Å²) < 4.78 is 0. The Balaban J connectivity index is 2.36. The molecule has 1 N–H and O–H groups in total. The third kappa shape index (κ3) is 5.95. The van der Waals surface area contributed by atoms with Gasteiger partial charge in [-0.05, 0) is 56.0 Å². The van der Waals surface area contributed by atoms with Crippen molar-refractivity contribution in [3.05, 3.63) is 41.5 Å². The molecule has 0 aliphatic carbocycles. The highest BCUT2D eigenvalue weighted by Gasteiger charge is 2.15. The molecule has 150 valence electrons. The van der Waals surface area contributed by atoms with Crippen molar-refractivity contribution in [1.82, 2.24) is 9.80 Å². The number of aromatic hydroxyl groups is 1. The minimum Gasteiger partial charge on any atom is -0.507 e. The molecule has 0 amide bonds. The van der Waals surface area contributed by atoms with E-state index in [0.29, 0.717) is 5.75 Å². The van der Waals surface area contributed by atoms with Crippen molar-refractivity contribution in [3.63, 3.8) is 0 Å². The summed E-state index contributed by atoms with van der Waals surface area (Å²) >= 11 is 0. The van der Waals surface area contributed by atoms with Crippen molar-refractivity contribution in [2.24, 2.45) is 0 Å². The maximum Gasteiger partial charge on any atom is 0.127 e. The molecule has 0 atom stereocenters. The molecule has 3 nitrogen and oxygen atoms in total. The number of fused-ring (bicyclic) bond motifs is 1. The molecule has 0 saturated carbocycles. The highest BCUT2D eigenvalue weighted by molar-refractivity contribution is 5.92. The largest absolute Gasteiger partial charge is 0.507 e. The smallest absolute Gasteiger partial charge is 0.127 e. The fourth-order valence-electron chi connectivity index (χ4n) is 3.69. The molecule has 2 aromatic carbocycles. The van der Waals surface area contributed by atoms with Gasteiger partial charge >= 0.3 is 0 Å². The van der Waals surface area contributed by atoms with E-state index in [9.17, 15) is 5.11 Å². The first kappa shape index (κ1) is 21.7. The Morgan fingerprint density at radius 1 is 0.741 bits per heavy atom. The molecule has 0 radical (unpaired) electrons. The number of benzene rings is 2. The summed E-state index contributed by atoms with van der Waals surface area (Å²) in [6, 6.07) is 10.6. The summed E-state index contributed by atoms with van der Waals surface area (Å²) in [4.78, 5) is 4.95. The molecule has 0 aliphatic rings. The fraction of sp³-hybridized carbons (Fsp3) is 0.583. The molecule has 0 bridgehead atoms. The number of phenolic OH excluding ortho intramolecular Hbond substituents is 1. The Morgan fingerprint density at radius 3 is 1.78 bits per heavy atom. The number of phenols is 1. The van der Waals surface area contributed by atoms with Gasteiger partial charge in [-0.1, -0.05) is 64.8 Å². The predicted octanol–water partition coefficient (Wildman–Crippen LogP) is 5.79. The second-order valence-corrected chi connectivity index (χ2v) is 7.53. The van der Waals surface area contributed by atoms with Crippen LogP contribution in [0.4, 0.5) is 0 Å². The average Bonchev–Trinajstić information content (AvgIpc) is 2.71. The van der Waals surface area contributed by atoms with Gasteiger partial charge in [-0.15, -0.1) is 0 Å². The molecule has 0 aromatic heterocycles. The minimum absolute atomic E-state index is 0.459. The molecule has 0 unspecified atom stereocenters. The molecule has 0 spiro atoms. The molecule has 2 rings (SSSR count). The first-order valence-corrected chi connectivity index (χ1v) is 10.8. The van der Waals surface area contributed by atoms with Crippen LogP contribution in [-0.4, -0.2) is 41.1 Å². The van der Waals surface area contributed by atoms with Crippen LogP contribution in [0.25, 0.3) is 10.8 Å². The van der Waals surface area contributed by atoms with E-state index >= 15 is 0 Å². The van der Waals surface area contributed by atoms with Crippen molar-refractivity contribution in [1.29, 1.82) is 0 Å². The minimum atomic E-state index is 0.459. The Labute approximate surface area is 166 Å². The number of unbranched alkanes of at least 4 members (excludes halogenated alkanes) is 2. The second kappa shape index (κ2) is 11.3. The van der Waals surface area contributed by atoms with Gasteiger partial charge in [0.2, 0.25) is 0 Å². The molecule has 0 saturated heterocycles. The lowest BCUT2D eigenvalue weighted by Crippen LogP contribution is -2.25. The van der Waals surface area contributed by atoms with Crippen LogP contribution >= 0.6 is 0 Å². The lowest BCUT2D eigenvalue weighted by Gasteiger charge is -2.24. The van der Waals surface area contributed by atoms with E-state index in [1.54, 1.807) is 0 Å². The SMILES string of the molecule is CCCCN(CC)Cc1cc(CN(CC)CCCC)c2ccccc2c1O. The third-order valence-corrected chi connectivity index (χ3v) is 5.52. The summed E-state index contributed by atoms with van der Waals surface area (Å²) in [7, 11) is 0. The van der Waals surface area contributed by atoms with Gasteiger partial charge in [0.25, 0.3) is 0 Å². The van der Waals surface area contributed by atoms with Gasteiger partial charge in [0.1, 0.15) is 5.75 Å². The molecule has 0 fully saturated rings. The summed E-state index contributed by atoms with van der Waals surface area (Å²) in [5.74, 6) is 0.459. The summed E-state index contributed by atoms with van der Waals surface area (Å²) in [6.45, 7) is 15.0. The number of nitrogens with zero attached hydrogens (tertiary/aromatic N) is 2. The maximum absolute atomic E-state index is 10.9. The first-order valence-electron chi connectivity index (χ1n) is 10.8. The zero-order valence-corrected chi connectivity index (χ0v) is 17.8. The molecule has 0 heterocycles. The molecule has 0 aliphatic heterocycles. The highest BCUT2D eigenvalue weighted by Crippen LogP contribution is 2.33. The van der Waals surface area contributed by atoms with Crippen LogP contribution in [0, 0.1) is 0 Å². The van der Waals surface area contributed by atoms with E-state index in [2.05, 4.69) is 61.8 Å². The van der Waals surface area contributed by atoms with Crippen LogP contribution < -0.4 is 0 Å². The molecular formula is C24H38N2O. The van der Waals surface area contributed by atoms with Gasteiger partial charge in [-0.25, -0.2) is 0 Å². The van der Waals surface area contributed by atoms with Crippen molar-refractivity contribution in [3.8, 4) is 5.75 Å². The number of hydrogen-bond donors (Lipinski definition) is 1. The lowest BCUT2D eigenvalue weighted by molar-refractivity contribution is 0.269. The molecule has 3 heteroatoms. The van der Waals surface area contributed by atoms with E-state index in [1.165, 1.54) is 36.6 Å². The number of hydrogen-bond acceptors (Lipinski definition) is 3. The van der Waals surface area contributed by atoms with Crippen LogP contribution in [0.2, 0.25) is 0 Å². The molecule has 27 heavy (non-hydrogen) atoms. The summed E-state index contributed by atoms with van der Waals surface area (Å²) in [5.41, 5.74) is 2.40. The van der Waals surface area contributed by atoms with Crippen molar-refractivity contribution < 1.29 is 5.11 Å². The van der Waals surface area contributed by atoms with Crippen LogP contribution in [0.3, 0.4) is 0 Å². The van der Waals surface area contributed by atoms with Gasteiger partial charge in [-0.2, -0.15) is 0 Å². The molecular weight excluding hydrogens is 332 g/mol. The Bertz CT molecular complexity index is 698.